The lowest BCUT2D eigenvalue weighted by Crippen LogP contribution is -2.39. The summed E-state index contributed by atoms with van der Waals surface area (Å²) in [6.07, 6.45) is 2.33. The second-order valence-electron chi connectivity index (χ2n) is 5.02. The molecule has 18 heavy (non-hydrogen) atoms. The van der Waals surface area contributed by atoms with Crippen molar-refractivity contribution in [2.75, 3.05) is 0 Å². The van der Waals surface area contributed by atoms with Gasteiger partial charge in [-0.1, -0.05) is 61.5 Å². The minimum absolute atomic E-state index is 0.348. The number of hydrogen-bond acceptors (Lipinski definition) is 1. The SMILES string of the molecule is CCC1Cc2ccccc2C(c2ccccc2)N1. The lowest BCUT2D eigenvalue weighted by Gasteiger charge is -2.33. The fourth-order valence-electron chi connectivity index (χ4n) is 2.84. The van der Waals surface area contributed by atoms with Crippen LogP contribution in [0.1, 0.15) is 36.1 Å². The molecule has 0 amide bonds. The number of rotatable bonds is 2. The van der Waals surface area contributed by atoms with Crippen molar-refractivity contribution < 1.29 is 0 Å². The van der Waals surface area contributed by atoms with Gasteiger partial charge in [0.05, 0.1) is 6.04 Å². The molecule has 3 rings (SSSR count). The first kappa shape index (κ1) is 11.5. The van der Waals surface area contributed by atoms with Crippen molar-refractivity contribution in [3.8, 4) is 0 Å². The van der Waals surface area contributed by atoms with Gasteiger partial charge in [0.2, 0.25) is 0 Å². The van der Waals surface area contributed by atoms with Crippen LogP contribution < -0.4 is 5.32 Å². The van der Waals surface area contributed by atoms with Crippen molar-refractivity contribution in [2.24, 2.45) is 0 Å². The van der Waals surface area contributed by atoms with E-state index < -0.39 is 0 Å². The van der Waals surface area contributed by atoms with Gasteiger partial charge in [0.1, 0.15) is 0 Å². The van der Waals surface area contributed by atoms with Crippen LogP contribution in [0.15, 0.2) is 54.6 Å². The van der Waals surface area contributed by atoms with Crippen LogP contribution in [-0.2, 0) is 6.42 Å². The van der Waals surface area contributed by atoms with Gasteiger partial charge in [0, 0.05) is 6.04 Å². The molecule has 1 heteroatoms. The smallest absolute Gasteiger partial charge is 0.0581 e. The molecule has 2 unspecified atom stereocenters. The molecule has 1 aliphatic rings. The Morgan fingerprint density at radius 3 is 2.50 bits per heavy atom. The van der Waals surface area contributed by atoms with Crippen molar-refractivity contribution >= 4 is 0 Å². The van der Waals surface area contributed by atoms with Crippen LogP contribution in [0.4, 0.5) is 0 Å². The van der Waals surface area contributed by atoms with Gasteiger partial charge >= 0.3 is 0 Å². The third kappa shape index (κ3) is 2.06. The molecular formula is C17H19N. The average molecular weight is 237 g/mol. The molecule has 0 saturated carbocycles. The van der Waals surface area contributed by atoms with Crippen LogP contribution in [0.3, 0.4) is 0 Å². The van der Waals surface area contributed by atoms with E-state index in [-0.39, 0.29) is 0 Å². The van der Waals surface area contributed by atoms with Crippen molar-refractivity contribution in [1.29, 1.82) is 0 Å². The van der Waals surface area contributed by atoms with E-state index in [0.29, 0.717) is 12.1 Å². The topological polar surface area (TPSA) is 12.0 Å². The van der Waals surface area contributed by atoms with Crippen LogP contribution in [0.25, 0.3) is 0 Å². The molecule has 2 aromatic carbocycles. The third-order valence-corrected chi connectivity index (χ3v) is 3.86. The van der Waals surface area contributed by atoms with Gasteiger partial charge in [-0.15, -0.1) is 0 Å². The van der Waals surface area contributed by atoms with Crippen molar-refractivity contribution in [3.63, 3.8) is 0 Å². The maximum Gasteiger partial charge on any atom is 0.0581 e. The highest BCUT2D eigenvalue weighted by Crippen LogP contribution is 2.30. The summed E-state index contributed by atoms with van der Waals surface area (Å²) in [5.74, 6) is 0. The van der Waals surface area contributed by atoms with Gasteiger partial charge in [-0.3, -0.25) is 0 Å². The van der Waals surface area contributed by atoms with Gasteiger partial charge in [0.15, 0.2) is 0 Å². The van der Waals surface area contributed by atoms with E-state index in [1.807, 2.05) is 0 Å². The molecule has 2 aromatic rings. The second kappa shape index (κ2) is 4.95. The lowest BCUT2D eigenvalue weighted by molar-refractivity contribution is 0.427. The quantitative estimate of drug-likeness (QED) is 0.839. The Bertz CT molecular complexity index is 518. The molecule has 92 valence electrons. The number of nitrogens with one attached hydrogen (secondary N) is 1. The summed E-state index contributed by atoms with van der Waals surface area (Å²) in [6.45, 7) is 2.26. The van der Waals surface area contributed by atoms with Crippen LogP contribution >= 0.6 is 0 Å². The molecule has 0 spiro atoms. The monoisotopic (exact) mass is 237 g/mol. The maximum absolute atomic E-state index is 3.78. The zero-order chi connectivity index (χ0) is 12.4. The zero-order valence-electron chi connectivity index (χ0n) is 10.8. The molecule has 1 nitrogen and oxygen atoms in total. The Morgan fingerprint density at radius 1 is 1.00 bits per heavy atom. The molecule has 1 heterocycles. The first-order valence-electron chi connectivity index (χ1n) is 6.77. The van der Waals surface area contributed by atoms with Gasteiger partial charge in [-0.05, 0) is 29.5 Å². The fraction of sp³-hybridized carbons (Fsp3) is 0.294. The highest BCUT2D eigenvalue weighted by atomic mass is 15.0. The standard InChI is InChI=1S/C17H19N/c1-2-15-12-14-10-6-7-11-16(14)17(18-15)13-8-4-3-5-9-13/h3-11,15,17-18H,2,12H2,1H3. The van der Waals surface area contributed by atoms with Crippen LogP contribution in [0.2, 0.25) is 0 Å². The number of hydrogen-bond donors (Lipinski definition) is 1. The van der Waals surface area contributed by atoms with E-state index in [2.05, 4.69) is 66.8 Å². The predicted octanol–water partition coefficient (Wildman–Crippen LogP) is 3.70. The number of fused-ring (bicyclic) bond motifs is 1. The fourth-order valence-corrected chi connectivity index (χ4v) is 2.84. The normalized spacial score (nSPS) is 22.5. The average Bonchev–Trinajstić information content (AvgIpc) is 2.47. The molecule has 2 atom stereocenters. The molecule has 1 aliphatic heterocycles. The van der Waals surface area contributed by atoms with Crippen LogP contribution in [-0.4, -0.2) is 6.04 Å². The molecule has 0 aliphatic carbocycles. The van der Waals surface area contributed by atoms with E-state index >= 15 is 0 Å². The minimum Gasteiger partial charge on any atom is -0.303 e. The molecule has 0 radical (unpaired) electrons. The predicted molar refractivity (Wildman–Crippen MR) is 75.6 cm³/mol. The summed E-state index contributed by atoms with van der Waals surface area (Å²) in [5.41, 5.74) is 4.30. The first-order valence-corrected chi connectivity index (χ1v) is 6.77. The Kier molecular flexibility index (Phi) is 3.16. The minimum atomic E-state index is 0.348. The van der Waals surface area contributed by atoms with Crippen LogP contribution in [0.5, 0.6) is 0 Å². The largest absolute Gasteiger partial charge is 0.303 e. The number of benzene rings is 2. The molecular weight excluding hydrogens is 218 g/mol. The van der Waals surface area contributed by atoms with E-state index in [0.717, 1.165) is 6.42 Å². The van der Waals surface area contributed by atoms with Crippen LogP contribution in [0, 0.1) is 0 Å². The maximum atomic E-state index is 3.78. The lowest BCUT2D eigenvalue weighted by atomic mass is 9.86. The van der Waals surface area contributed by atoms with Crippen molar-refractivity contribution in [2.45, 2.75) is 31.8 Å². The highest BCUT2D eigenvalue weighted by molar-refractivity contribution is 5.40. The van der Waals surface area contributed by atoms with E-state index in [4.69, 9.17) is 0 Å². The Morgan fingerprint density at radius 2 is 1.72 bits per heavy atom. The third-order valence-electron chi connectivity index (χ3n) is 3.86. The summed E-state index contributed by atoms with van der Waals surface area (Å²) in [5, 5.41) is 3.78. The molecule has 1 N–H and O–H groups in total. The van der Waals surface area contributed by atoms with Gasteiger partial charge in [0.25, 0.3) is 0 Å². The summed E-state index contributed by atoms with van der Waals surface area (Å²) in [4.78, 5) is 0. The molecule has 0 aromatic heterocycles. The Balaban J connectivity index is 2.04. The first-order chi connectivity index (χ1) is 8.88. The summed E-state index contributed by atoms with van der Waals surface area (Å²) >= 11 is 0. The van der Waals surface area contributed by atoms with Gasteiger partial charge < -0.3 is 5.32 Å². The summed E-state index contributed by atoms with van der Waals surface area (Å²) < 4.78 is 0. The van der Waals surface area contributed by atoms with E-state index in [1.165, 1.54) is 23.1 Å². The van der Waals surface area contributed by atoms with Gasteiger partial charge in [-0.25, -0.2) is 0 Å². The highest BCUT2D eigenvalue weighted by Gasteiger charge is 2.25. The molecule has 0 saturated heterocycles. The summed E-state index contributed by atoms with van der Waals surface area (Å²) in [7, 11) is 0. The molecule has 0 bridgehead atoms. The van der Waals surface area contributed by atoms with E-state index in [1.54, 1.807) is 0 Å². The van der Waals surface area contributed by atoms with Crippen molar-refractivity contribution in [3.05, 3.63) is 71.3 Å². The Hall–Kier alpha value is -1.60. The Labute approximate surface area is 109 Å². The second-order valence-corrected chi connectivity index (χ2v) is 5.02. The van der Waals surface area contributed by atoms with E-state index in [9.17, 15) is 0 Å². The van der Waals surface area contributed by atoms with Gasteiger partial charge in [-0.2, -0.15) is 0 Å². The molecule has 0 fully saturated rings. The zero-order valence-corrected chi connectivity index (χ0v) is 10.8. The van der Waals surface area contributed by atoms with Crippen molar-refractivity contribution in [1.82, 2.24) is 5.32 Å². The summed E-state index contributed by atoms with van der Waals surface area (Å²) in [6, 6.07) is 20.5.